The molecule has 192 valence electrons. The predicted molar refractivity (Wildman–Crippen MR) is 137 cm³/mol. The van der Waals surface area contributed by atoms with Crippen LogP contribution >= 0.6 is 0 Å². The van der Waals surface area contributed by atoms with Crippen LogP contribution in [0.1, 0.15) is 47.4 Å². The SMILES string of the molecule is CCOC(=O)c1c(CS(=O)c2ccc(OC)cc2)n(C2CC2)c2ccc(O)c(CN3CCOCC3)c12. The third-order valence-electron chi connectivity index (χ3n) is 6.82. The van der Waals surface area contributed by atoms with Gasteiger partial charge in [-0.15, -0.1) is 0 Å². The van der Waals surface area contributed by atoms with E-state index in [0.29, 0.717) is 52.6 Å². The summed E-state index contributed by atoms with van der Waals surface area (Å²) in [6, 6.07) is 11.0. The number of phenols is 1. The number of morpholine rings is 1. The van der Waals surface area contributed by atoms with Crippen molar-refractivity contribution in [2.75, 3.05) is 40.0 Å². The van der Waals surface area contributed by atoms with Gasteiger partial charge in [-0.3, -0.25) is 9.11 Å². The average Bonchev–Trinajstić information content (AvgIpc) is 3.68. The summed E-state index contributed by atoms with van der Waals surface area (Å²) in [5, 5.41) is 11.7. The summed E-state index contributed by atoms with van der Waals surface area (Å²) in [5.74, 6) is 0.565. The van der Waals surface area contributed by atoms with Crippen LogP contribution in [0, 0.1) is 0 Å². The number of fused-ring (bicyclic) bond motifs is 1. The standard InChI is InChI=1S/C27H32N2O6S/c1-3-35-27(31)26-23(17-36(32)20-8-6-19(33-2)7-9-20)29(18-4-5-18)22-10-11-24(30)21(25(22)26)16-28-12-14-34-15-13-28/h6-11,18,30H,3-5,12-17H2,1-2H3. The van der Waals surface area contributed by atoms with E-state index in [1.54, 1.807) is 44.4 Å². The van der Waals surface area contributed by atoms with E-state index < -0.39 is 16.8 Å². The molecule has 3 aromatic rings. The molecule has 0 spiro atoms. The number of esters is 1. The monoisotopic (exact) mass is 512 g/mol. The lowest BCUT2D eigenvalue weighted by atomic mass is 10.0. The van der Waals surface area contributed by atoms with Crippen LogP contribution in [0.25, 0.3) is 10.9 Å². The van der Waals surface area contributed by atoms with Crippen LogP contribution in [0.3, 0.4) is 0 Å². The number of aromatic nitrogens is 1. The average molecular weight is 513 g/mol. The van der Waals surface area contributed by atoms with Crippen molar-refractivity contribution in [3.8, 4) is 11.5 Å². The first kappa shape index (κ1) is 24.8. The number of carbonyl (C=O) groups excluding carboxylic acids is 1. The maximum atomic E-state index is 13.5. The Hall–Kier alpha value is -2.88. The third kappa shape index (κ3) is 4.87. The minimum atomic E-state index is -1.39. The second-order valence-electron chi connectivity index (χ2n) is 9.15. The van der Waals surface area contributed by atoms with Crippen LogP contribution in [0.15, 0.2) is 41.3 Å². The fraction of sp³-hybridized carbons (Fsp3) is 0.444. The van der Waals surface area contributed by atoms with Crippen LogP contribution in [0.4, 0.5) is 0 Å². The molecule has 9 heteroatoms. The summed E-state index contributed by atoms with van der Waals surface area (Å²) in [6.07, 6.45) is 1.99. The van der Waals surface area contributed by atoms with Gasteiger partial charge < -0.3 is 23.9 Å². The fourth-order valence-electron chi connectivity index (χ4n) is 4.91. The Morgan fingerprint density at radius 2 is 1.86 bits per heavy atom. The van der Waals surface area contributed by atoms with E-state index in [4.69, 9.17) is 14.2 Å². The van der Waals surface area contributed by atoms with Crippen LogP contribution in [0.2, 0.25) is 0 Å². The number of aromatic hydroxyl groups is 1. The van der Waals surface area contributed by atoms with E-state index in [9.17, 15) is 14.1 Å². The molecule has 1 atom stereocenters. The number of hydrogen-bond acceptors (Lipinski definition) is 7. The van der Waals surface area contributed by atoms with E-state index in [1.165, 1.54) is 0 Å². The Morgan fingerprint density at radius 1 is 1.14 bits per heavy atom. The fourth-order valence-corrected chi connectivity index (χ4v) is 6.05. The van der Waals surface area contributed by atoms with Gasteiger partial charge in [-0.2, -0.15) is 0 Å². The van der Waals surface area contributed by atoms with Crippen molar-refractivity contribution < 1.29 is 28.3 Å². The van der Waals surface area contributed by atoms with Gasteiger partial charge in [0, 0.05) is 52.7 Å². The first-order chi connectivity index (χ1) is 17.5. The van der Waals surface area contributed by atoms with E-state index >= 15 is 0 Å². The molecule has 1 unspecified atom stereocenters. The molecule has 2 aromatic carbocycles. The summed E-state index contributed by atoms with van der Waals surface area (Å²) in [4.78, 5) is 16.3. The third-order valence-corrected chi connectivity index (χ3v) is 8.16. The minimum absolute atomic E-state index is 0.148. The molecule has 36 heavy (non-hydrogen) atoms. The van der Waals surface area contributed by atoms with Gasteiger partial charge in [-0.05, 0) is 56.2 Å². The van der Waals surface area contributed by atoms with Gasteiger partial charge in [0.25, 0.3) is 0 Å². The number of ether oxygens (including phenoxy) is 3. The number of methoxy groups -OCH3 is 1. The normalized spacial score (nSPS) is 17.3. The van der Waals surface area contributed by atoms with Gasteiger partial charge >= 0.3 is 5.97 Å². The van der Waals surface area contributed by atoms with E-state index in [-0.39, 0.29) is 24.2 Å². The molecule has 1 aromatic heterocycles. The van der Waals surface area contributed by atoms with E-state index in [0.717, 1.165) is 31.4 Å². The van der Waals surface area contributed by atoms with Gasteiger partial charge in [-0.25, -0.2) is 4.79 Å². The quantitative estimate of drug-likeness (QED) is 0.433. The molecule has 8 nitrogen and oxygen atoms in total. The maximum absolute atomic E-state index is 13.5. The summed E-state index contributed by atoms with van der Waals surface area (Å²) >= 11 is 0. The van der Waals surface area contributed by atoms with Crippen molar-refractivity contribution in [1.29, 1.82) is 0 Å². The molecular weight excluding hydrogens is 480 g/mol. The molecule has 0 bridgehead atoms. The van der Waals surface area contributed by atoms with Crippen LogP contribution in [-0.2, 0) is 32.6 Å². The molecule has 2 heterocycles. The summed E-state index contributed by atoms with van der Waals surface area (Å²) in [7, 11) is 0.200. The minimum Gasteiger partial charge on any atom is -0.508 e. The van der Waals surface area contributed by atoms with Crippen molar-refractivity contribution in [3.63, 3.8) is 0 Å². The number of nitrogens with zero attached hydrogens (tertiary/aromatic N) is 2. The lowest BCUT2D eigenvalue weighted by molar-refractivity contribution is 0.0340. The highest BCUT2D eigenvalue weighted by Gasteiger charge is 2.35. The number of hydrogen-bond donors (Lipinski definition) is 1. The molecule has 1 saturated carbocycles. The van der Waals surface area contributed by atoms with Crippen molar-refractivity contribution in [1.82, 2.24) is 9.47 Å². The van der Waals surface area contributed by atoms with Crippen molar-refractivity contribution in [2.24, 2.45) is 0 Å². The molecule has 1 saturated heterocycles. The molecule has 1 aliphatic carbocycles. The molecule has 0 radical (unpaired) electrons. The van der Waals surface area contributed by atoms with E-state index in [2.05, 4.69) is 9.47 Å². The Morgan fingerprint density at radius 3 is 2.50 bits per heavy atom. The topological polar surface area (TPSA) is 90.2 Å². The zero-order valence-corrected chi connectivity index (χ0v) is 21.5. The zero-order valence-electron chi connectivity index (χ0n) is 20.7. The highest BCUT2D eigenvalue weighted by Crippen LogP contribution is 2.44. The number of rotatable bonds is 9. The Labute approximate surface area is 213 Å². The van der Waals surface area contributed by atoms with Crippen molar-refractivity contribution >= 4 is 27.7 Å². The number of carbonyl (C=O) groups is 1. The van der Waals surface area contributed by atoms with Crippen molar-refractivity contribution in [3.05, 3.63) is 53.2 Å². The van der Waals surface area contributed by atoms with Gasteiger partial charge in [0.1, 0.15) is 11.5 Å². The smallest absolute Gasteiger partial charge is 0.340 e. The second-order valence-corrected chi connectivity index (χ2v) is 10.6. The van der Waals surface area contributed by atoms with Gasteiger partial charge in [-0.1, -0.05) is 0 Å². The molecule has 1 aliphatic heterocycles. The number of phenolic OH excluding ortho intramolecular Hbond substituents is 1. The Balaban J connectivity index is 1.65. The largest absolute Gasteiger partial charge is 0.508 e. The first-order valence-corrected chi connectivity index (χ1v) is 13.7. The summed E-state index contributed by atoms with van der Waals surface area (Å²) in [5.41, 5.74) is 2.70. The van der Waals surface area contributed by atoms with Crippen LogP contribution in [0.5, 0.6) is 11.5 Å². The second kappa shape index (κ2) is 10.6. The summed E-state index contributed by atoms with van der Waals surface area (Å²) < 4.78 is 31.9. The van der Waals surface area contributed by atoms with Gasteiger partial charge in [0.2, 0.25) is 0 Å². The number of benzene rings is 2. The van der Waals surface area contributed by atoms with Gasteiger partial charge in [0.05, 0.1) is 49.0 Å². The Kier molecular flexibility index (Phi) is 7.32. The van der Waals surface area contributed by atoms with Gasteiger partial charge in [0.15, 0.2) is 0 Å². The first-order valence-electron chi connectivity index (χ1n) is 12.4. The van der Waals surface area contributed by atoms with Crippen LogP contribution in [-0.4, -0.2) is 64.8 Å². The van der Waals surface area contributed by atoms with Crippen molar-refractivity contribution in [2.45, 2.75) is 43.0 Å². The molecule has 1 N–H and O–H groups in total. The zero-order chi connectivity index (χ0) is 25.2. The summed E-state index contributed by atoms with van der Waals surface area (Å²) in [6.45, 7) is 5.28. The van der Waals surface area contributed by atoms with E-state index in [1.807, 2.05) is 6.07 Å². The Bertz CT molecular complexity index is 1280. The highest BCUT2D eigenvalue weighted by atomic mass is 32.2. The maximum Gasteiger partial charge on any atom is 0.340 e. The lowest BCUT2D eigenvalue weighted by Crippen LogP contribution is -2.35. The molecule has 5 rings (SSSR count). The predicted octanol–water partition coefficient (Wildman–Crippen LogP) is 4.01. The lowest BCUT2D eigenvalue weighted by Gasteiger charge is -2.27. The highest BCUT2D eigenvalue weighted by molar-refractivity contribution is 7.84. The molecular formula is C27H32N2O6S. The molecule has 2 aliphatic rings. The molecule has 0 amide bonds. The van der Waals surface area contributed by atoms with Crippen LogP contribution < -0.4 is 4.74 Å². The molecule has 2 fully saturated rings.